The molecule has 0 aromatic heterocycles. The lowest BCUT2D eigenvalue weighted by atomic mass is 9.95. The van der Waals surface area contributed by atoms with E-state index in [0.717, 1.165) is 5.56 Å². The molecule has 13 heavy (non-hydrogen) atoms. The Kier molecular flexibility index (Phi) is 3.35. The molecule has 0 radical (unpaired) electrons. The molecule has 1 aromatic carbocycles. The fraction of sp³-hybridized carbons (Fsp3) is 0.500. The van der Waals surface area contributed by atoms with Crippen molar-refractivity contribution in [3.05, 3.63) is 29.3 Å². The summed E-state index contributed by atoms with van der Waals surface area (Å²) in [6.45, 7) is 6.41. The summed E-state index contributed by atoms with van der Waals surface area (Å²) in [5.74, 6) is 0.939. The molecule has 1 nitrogen and oxygen atoms in total. The maximum absolute atomic E-state index is 9.41. The summed E-state index contributed by atoms with van der Waals surface area (Å²) in [5.41, 5.74) is 2.39. The summed E-state index contributed by atoms with van der Waals surface area (Å²) < 4.78 is 0. The van der Waals surface area contributed by atoms with Crippen LogP contribution in [0.4, 0.5) is 0 Å². The van der Waals surface area contributed by atoms with Crippen LogP contribution in [0.25, 0.3) is 0 Å². The highest BCUT2D eigenvalue weighted by Crippen LogP contribution is 2.25. The molecule has 0 aliphatic heterocycles. The lowest BCUT2D eigenvalue weighted by Crippen LogP contribution is -1.93. The van der Waals surface area contributed by atoms with Crippen LogP contribution in [-0.2, 0) is 0 Å². The molecule has 72 valence electrons. The van der Waals surface area contributed by atoms with Crippen LogP contribution in [0, 0.1) is 6.92 Å². The van der Waals surface area contributed by atoms with Gasteiger partial charge >= 0.3 is 0 Å². The zero-order valence-electron chi connectivity index (χ0n) is 8.67. The van der Waals surface area contributed by atoms with Crippen molar-refractivity contribution < 1.29 is 5.11 Å². The first kappa shape index (κ1) is 10.1. The monoisotopic (exact) mass is 178 g/mol. The van der Waals surface area contributed by atoms with Crippen molar-refractivity contribution in [3.8, 4) is 5.75 Å². The molecular weight excluding hydrogens is 160 g/mol. The third kappa shape index (κ3) is 2.76. The Hall–Kier alpha value is -0.980. The first-order valence-corrected chi connectivity index (χ1v) is 4.94. The molecule has 0 spiro atoms. The molecule has 0 heterocycles. The highest BCUT2D eigenvalue weighted by molar-refractivity contribution is 5.34. The number of hydrogen-bond donors (Lipinski definition) is 1. The molecule has 0 saturated heterocycles. The molecule has 1 unspecified atom stereocenters. The highest BCUT2D eigenvalue weighted by atomic mass is 16.3. The zero-order valence-corrected chi connectivity index (χ0v) is 8.67. The molecule has 1 atom stereocenters. The van der Waals surface area contributed by atoms with Crippen LogP contribution >= 0.6 is 0 Å². The van der Waals surface area contributed by atoms with Gasteiger partial charge in [0.15, 0.2) is 0 Å². The average molecular weight is 178 g/mol. The second kappa shape index (κ2) is 4.31. The first-order chi connectivity index (χ1) is 6.13. The predicted molar refractivity (Wildman–Crippen MR) is 56.2 cm³/mol. The average Bonchev–Trinajstić information content (AvgIpc) is 2.03. The van der Waals surface area contributed by atoms with Gasteiger partial charge in [-0.25, -0.2) is 0 Å². The van der Waals surface area contributed by atoms with E-state index in [2.05, 4.69) is 19.9 Å². The van der Waals surface area contributed by atoms with Gasteiger partial charge in [-0.3, -0.25) is 0 Å². The Bertz CT molecular complexity index is 258. The van der Waals surface area contributed by atoms with Gasteiger partial charge in [-0.15, -0.1) is 0 Å². The van der Waals surface area contributed by atoms with Crippen LogP contribution in [0.15, 0.2) is 18.2 Å². The van der Waals surface area contributed by atoms with Crippen LogP contribution in [0.3, 0.4) is 0 Å². The van der Waals surface area contributed by atoms with Gasteiger partial charge in [-0.2, -0.15) is 0 Å². The number of aromatic hydroxyl groups is 1. The Morgan fingerprint density at radius 1 is 1.31 bits per heavy atom. The molecule has 1 heteroatoms. The van der Waals surface area contributed by atoms with Gasteiger partial charge in [-0.05, 0) is 42.5 Å². The summed E-state index contributed by atoms with van der Waals surface area (Å²) in [6.07, 6.45) is 2.37. The second-order valence-corrected chi connectivity index (χ2v) is 3.79. The summed E-state index contributed by atoms with van der Waals surface area (Å²) in [4.78, 5) is 0. The minimum Gasteiger partial charge on any atom is -0.508 e. The minimum absolute atomic E-state index is 0.387. The van der Waals surface area contributed by atoms with E-state index < -0.39 is 0 Å². The van der Waals surface area contributed by atoms with Crippen LogP contribution < -0.4 is 0 Å². The number of phenols is 1. The van der Waals surface area contributed by atoms with Crippen molar-refractivity contribution in [2.45, 2.75) is 39.5 Å². The third-order valence-electron chi connectivity index (χ3n) is 2.38. The van der Waals surface area contributed by atoms with Gasteiger partial charge in [0.25, 0.3) is 0 Å². The second-order valence-electron chi connectivity index (χ2n) is 3.79. The molecule has 1 rings (SSSR count). The lowest BCUT2D eigenvalue weighted by Gasteiger charge is -2.11. The number of hydrogen-bond acceptors (Lipinski definition) is 1. The van der Waals surface area contributed by atoms with Crippen molar-refractivity contribution in [1.29, 1.82) is 0 Å². The third-order valence-corrected chi connectivity index (χ3v) is 2.38. The van der Waals surface area contributed by atoms with E-state index in [1.807, 2.05) is 13.0 Å². The maximum Gasteiger partial charge on any atom is 0.116 e. The molecule has 0 fully saturated rings. The molecular formula is C12H18O. The molecule has 0 saturated carbocycles. The predicted octanol–water partition coefficient (Wildman–Crippen LogP) is 3.60. The number of aryl methyl sites for hydroxylation is 1. The fourth-order valence-electron chi connectivity index (χ4n) is 1.68. The van der Waals surface area contributed by atoms with E-state index in [1.54, 1.807) is 6.07 Å². The van der Waals surface area contributed by atoms with Crippen LogP contribution in [0.1, 0.15) is 43.7 Å². The van der Waals surface area contributed by atoms with Gasteiger partial charge in [-0.1, -0.05) is 26.3 Å². The largest absolute Gasteiger partial charge is 0.508 e. The van der Waals surface area contributed by atoms with Crippen molar-refractivity contribution in [1.82, 2.24) is 0 Å². The molecule has 0 amide bonds. The van der Waals surface area contributed by atoms with Gasteiger partial charge in [0, 0.05) is 0 Å². The Labute approximate surface area is 80.4 Å². The van der Waals surface area contributed by atoms with Crippen LogP contribution in [0.5, 0.6) is 5.75 Å². The maximum atomic E-state index is 9.41. The van der Waals surface area contributed by atoms with Crippen molar-refractivity contribution >= 4 is 0 Å². The van der Waals surface area contributed by atoms with Crippen LogP contribution in [0.2, 0.25) is 0 Å². The Morgan fingerprint density at radius 2 is 2.00 bits per heavy atom. The smallest absolute Gasteiger partial charge is 0.116 e. The minimum atomic E-state index is 0.387. The summed E-state index contributed by atoms with van der Waals surface area (Å²) >= 11 is 0. The Balaban J connectivity index is 2.87. The normalized spacial score (nSPS) is 12.8. The standard InChI is InChI=1S/C12H18O/c1-4-5-10(3)11-6-9(2)7-12(13)8-11/h6-8,10,13H,4-5H2,1-3H3. The molecule has 1 aromatic rings. The van der Waals surface area contributed by atoms with E-state index >= 15 is 0 Å². The first-order valence-electron chi connectivity index (χ1n) is 4.94. The van der Waals surface area contributed by atoms with Crippen molar-refractivity contribution in [2.75, 3.05) is 0 Å². The van der Waals surface area contributed by atoms with Gasteiger partial charge < -0.3 is 5.11 Å². The highest BCUT2D eigenvalue weighted by Gasteiger charge is 2.05. The summed E-state index contributed by atoms with van der Waals surface area (Å²) in [5, 5.41) is 9.41. The SMILES string of the molecule is CCCC(C)c1cc(C)cc(O)c1. The van der Waals surface area contributed by atoms with Crippen molar-refractivity contribution in [2.24, 2.45) is 0 Å². The van der Waals surface area contributed by atoms with Gasteiger partial charge in [0.1, 0.15) is 5.75 Å². The van der Waals surface area contributed by atoms with Crippen LogP contribution in [-0.4, -0.2) is 5.11 Å². The van der Waals surface area contributed by atoms with Gasteiger partial charge in [0.05, 0.1) is 0 Å². The number of rotatable bonds is 3. The van der Waals surface area contributed by atoms with Gasteiger partial charge in [0.2, 0.25) is 0 Å². The van der Waals surface area contributed by atoms with E-state index in [-0.39, 0.29) is 0 Å². The zero-order chi connectivity index (χ0) is 9.84. The fourth-order valence-corrected chi connectivity index (χ4v) is 1.68. The van der Waals surface area contributed by atoms with E-state index in [9.17, 15) is 5.11 Å². The molecule has 0 aliphatic rings. The lowest BCUT2D eigenvalue weighted by molar-refractivity contribution is 0.473. The Morgan fingerprint density at radius 3 is 2.54 bits per heavy atom. The topological polar surface area (TPSA) is 20.2 Å². The van der Waals surface area contributed by atoms with E-state index in [1.165, 1.54) is 18.4 Å². The van der Waals surface area contributed by atoms with Crippen molar-refractivity contribution in [3.63, 3.8) is 0 Å². The number of benzene rings is 1. The van der Waals surface area contributed by atoms with E-state index in [4.69, 9.17) is 0 Å². The quantitative estimate of drug-likeness (QED) is 0.749. The number of phenolic OH excluding ortho intramolecular Hbond substituents is 1. The summed E-state index contributed by atoms with van der Waals surface area (Å²) in [6, 6.07) is 5.82. The molecule has 0 bridgehead atoms. The van der Waals surface area contributed by atoms with E-state index in [0.29, 0.717) is 11.7 Å². The summed E-state index contributed by atoms with van der Waals surface area (Å²) in [7, 11) is 0. The molecule has 1 N–H and O–H groups in total. The molecule has 0 aliphatic carbocycles.